The van der Waals surface area contributed by atoms with Gasteiger partial charge in [0.1, 0.15) is 6.26 Å². The molecule has 1 amide bonds. The molecule has 1 aromatic rings. The van der Waals surface area contributed by atoms with Gasteiger partial charge in [0.05, 0.1) is 0 Å². The first kappa shape index (κ1) is 10.2. The molecule has 15 heavy (non-hydrogen) atoms. The van der Waals surface area contributed by atoms with Crippen LogP contribution in [-0.2, 0) is 0 Å². The number of piperazine rings is 1. The Labute approximate surface area is 88.4 Å². The minimum absolute atomic E-state index is 0.0513. The Bertz CT molecular complexity index is 336. The van der Waals surface area contributed by atoms with Crippen LogP contribution in [0.3, 0.4) is 0 Å². The molecule has 2 unspecified atom stereocenters. The van der Waals surface area contributed by atoms with Crippen LogP contribution in [0.25, 0.3) is 0 Å². The molecule has 0 radical (unpaired) electrons. The van der Waals surface area contributed by atoms with Crippen LogP contribution < -0.4 is 5.32 Å². The molecule has 1 N–H and O–H groups in total. The van der Waals surface area contributed by atoms with E-state index in [2.05, 4.69) is 21.9 Å². The normalized spacial score (nSPS) is 26.7. The lowest BCUT2D eigenvalue weighted by Gasteiger charge is -2.38. The number of nitrogens with one attached hydrogen (secondary N) is 1. The Morgan fingerprint density at radius 3 is 3.13 bits per heavy atom. The average molecular weight is 209 g/mol. The standard InChI is InChI=1S/C10H15N3O2/c1-7-8(2)13(5-4-11-7)10(14)9-3-6-15-12-9/h3,6-8,11H,4-5H2,1-2H3. The third-order valence-corrected chi connectivity index (χ3v) is 2.95. The first-order valence-corrected chi connectivity index (χ1v) is 5.15. The van der Waals surface area contributed by atoms with E-state index in [0.717, 1.165) is 13.1 Å². The summed E-state index contributed by atoms with van der Waals surface area (Å²) >= 11 is 0. The van der Waals surface area contributed by atoms with E-state index < -0.39 is 0 Å². The quantitative estimate of drug-likeness (QED) is 0.731. The van der Waals surface area contributed by atoms with Gasteiger partial charge in [-0.05, 0) is 13.8 Å². The van der Waals surface area contributed by atoms with Gasteiger partial charge in [0.2, 0.25) is 0 Å². The van der Waals surface area contributed by atoms with Gasteiger partial charge in [0.15, 0.2) is 5.69 Å². The van der Waals surface area contributed by atoms with Crippen molar-refractivity contribution in [3.05, 3.63) is 18.0 Å². The fraction of sp³-hybridized carbons (Fsp3) is 0.600. The van der Waals surface area contributed by atoms with Crippen LogP contribution in [0.5, 0.6) is 0 Å². The molecule has 1 saturated heterocycles. The highest BCUT2D eigenvalue weighted by Crippen LogP contribution is 2.12. The fourth-order valence-electron chi connectivity index (χ4n) is 1.81. The smallest absolute Gasteiger partial charge is 0.276 e. The summed E-state index contributed by atoms with van der Waals surface area (Å²) in [6, 6.07) is 2.10. The highest BCUT2D eigenvalue weighted by Gasteiger charge is 2.29. The van der Waals surface area contributed by atoms with Crippen LogP contribution in [-0.4, -0.2) is 41.1 Å². The maximum atomic E-state index is 12.0. The maximum Gasteiger partial charge on any atom is 0.276 e. The van der Waals surface area contributed by atoms with Gasteiger partial charge in [-0.25, -0.2) is 0 Å². The van der Waals surface area contributed by atoms with E-state index >= 15 is 0 Å². The lowest BCUT2D eigenvalue weighted by atomic mass is 10.1. The van der Waals surface area contributed by atoms with E-state index in [1.165, 1.54) is 6.26 Å². The van der Waals surface area contributed by atoms with Crippen molar-refractivity contribution in [2.75, 3.05) is 13.1 Å². The predicted molar refractivity (Wildman–Crippen MR) is 54.5 cm³/mol. The molecule has 82 valence electrons. The van der Waals surface area contributed by atoms with Crippen molar-refractivity contribution in [1.29, 1.82) is 0 Å². The highest BCUT2D eigenvalue weighted by molar-refractivity contribution is 5.92. The van der Waals surface area contributed by atoms with Crippen LogP contribution in [0.15, 0.2) is 16.9 Å². The lowest BCUT2D eigenvalue weighted by molar-refractivity contribution is 0.0592. The summed E-state index contributed by atoms with van der Waals surface area (Å²) < 4.78 is 4.68. The zero-order chi connectivity index (χ0) is 10.8. The number of amides is 1. The summed E-state index contributed by atoms with van der Waals surface area (Å²) in [5.41, 5.74) is 0.385. The molecule has 5 heteroatoms. The lowest BCUT2D eigenvalue weighted by Crippen LogP contribution is -2.57. The Hall–Kier alpha value is -1.36. The monoisotopic (exact) mass is 209 g/mol. The summed E-state index contributed by atoms with van der Waals surface area (Å²) in [5.74, 6) is -0.0513. The summed E-state index contributed by atoms with van der Waals surface area (Å²) in [6.45, 7) is 5.66. The second-order valence-electron chi connectivity index (χ2n) is 3.87. The third-order valence-electron chi connectivity index (χ3n) is 2.95. The number of hydrogen-bond donors (Lipinski definition) is 1. The van der Waals surface area contributed by atoms with E-state index in [-0.39, 0.29) is 11.9 Å². The van der Waals surface area contributed by atoms with Gasteiger partial charge >= 0.3 is 0 Å². The number of hydrogen-bond acceptors (Lipinski definition) is 4. The van der Waals surface area contributed by atoms with Gasteiger partial charge in [-0.15, -0.1) is 0 Å². The Morgan fingerprint density at radius 1 is 1.67 bits per heavy atom. The third kappa shape index (κ3) is 1.87. The second-order valence-corrected chi connectivity index (χ2v) is 3.87. The highest BCUT2D eigenvalue weighted by atomic mass is 16.5. The molecule has 0 aliphatic carbocycles. The zero-order valence-electron chi connectivity index (χ0n) is 8.93. The van der Waals surface area contributed by atoms with Gasteiger partial charge in [-0.3, -0.25) is 4.79 Å². The Morgan fingerprint density at radius 2 is 2.47 bits per heavy atom. The molecule has 1 fully saturated rings. The topological polar surface area (TPSA) is 58.4 Å². The van der Waals surface area contributed by atoms with Crippen LogP contribution in [0.2, 0.25) is 0 Å². The molecule has 2 atom stereocenters. The Balaban J connectivity index is 2.13. The molecule has 1 aromatic heterocycles. The van der Waals surface area contributed by atoms with Gasteiger partial charge < -0.3 is 14.7 Å². The number of nitrogens with zero attached hydrogens (tertiary/aromatic N) is 2. The van der Waals surface area contributed by atoms with Crippen molar-refractivity contribution in [1.82, 2.24) is 15.4 Å². The van der Waals surface area contributed by atoms with Crippen molar-refractivity contribution >= 4 is 5.91 Å². The molecule has 0 aromatic carbocycles. The van der Waals surface area contributed by atoms with Crippen molar-refractivity contribution in [3.8, 4) is 0 Å². The van der Waals surface area contributed by atoms with Gasteiger partial charge in [0.25, 0.3) is 5.91 Å². The summed E-state index contributed by atoms with van der Waals surface area (Å²) in [4.78, 5) is 13.8. The number of aromatic nitrogens is 1. The molecule has 2 rings (SSSR count). The van der Waals surface area contributed by atoms with Gasteiger partial charge in [-0.2, -0.15) is 0 Å². The maximum absolute atomic E-state index is 12.0. The van der Waals surface area contributed by atoms with Crippen LogP contribution in [0, 0.1) is 0 Å². The fourth-order valence-corrected chi connectivity index (χ4v) is 1.81. The van der Waals surface area contributed by atoms with E-state index in [4.69, 9.17) is 0 Å². The minimum atomic E-state index is -0.0513. The zero-order valence-corrected chi connectivity index (χ0v) is 8.93. The molecule has 2 heterocycles. The summed E-state index contributed by atoms with van der Waals surface area (Å²) in [7, 11) is 0. The largest absolute Gasteiger partial charge is 0.364 e. The molecule has 1 aliphatic heterocycles. The van der Waals surface area contributed by atoms with Crippen LogP contribution in [0.4, 0.5) is 0 Å². The van der Waals surface area contributed by atoms with Crippen molar-refractivity contribution in [2.24, 2.45) is 0 Å². The van der Waals surface area contributed by atoms with E-state index in [1.807, 2.05) is 11.8 Å². The van der Waals surface area contributed by atoms with Gasteiger partial charge in [0, 0.05) is 31.2 Å². The predicted octanol–water partition coefficient (Wildman–Crippen LogP) is 0.497. The minimum Gasteiger partial charge on any atom is -0.364 e. The average Bonchev–Trinajstić information content (AvgIpc) is 2.74. The SMILES string of the molecule is CC1NCCN(C(=O)c2ccon2)C1C. The van der Waals surface area contributed by atoms with E-state index in [9.17, 15) is 4.79 Å². The van der Waals surface area contributed by atoms with Crippen molar-refractivity contribution < 1.29 is 9.32 Å². The molecule has 5 nitrogen and oxygen atoms in total. The Kier molecular flexibility index (Phi) is 2.73. The second kappa shape index (κ2) is 4.02. The summed E-state index contributed by atoms with van der Waals surface area (Å²) in [5, 5.41) is 6.99. The molecular formula is C10H15N3O2. The van der Waals surface area contributed by atoms with E-state index in [1.54, 1.807) is 6.07 Å². The molecule has 0 bridgehead atoms. The molecular weight excluding hydrogens is 194 g/mol. The first-order chi connectivity index (χ1) is 7.20. The number of carbonyl (C=O) groups excluding carboxylic acids is 1. The van der Waals surface area contributed by atoms with E-state index in [0.29, 0.717) is 11.7 Å². The first-order valence-electron chi connectivity index (χ1n) is 5.15. The number of rotatable bonds is 1. The van der Waals surface area contributed by atoms with Crippen molar-refractivity contribution in [3.63, 3.8) is 0 Å². The number of carbonyl (C=O) groups is 1. The van der Waals surface area contributed by atoms with Crippen molar-refractivity contribution in [2.45, 2.75) is 25.9 Å². The molecule has 0 spiro atoms. The molecule has 0 saturated carbocycles. The van der Waals surface area contributed by atoms with Crippen LogP contribution in [0.1, 0.15) is 24.3 Å². The van der Waals surface area contributed by atoms with Crippen LogP contribution >= 0.6 is 0 Å². The molecule has 1 aliphatic rings. The van der Waals surface area contributed by atoms with Gasteiger partial charge in [-0.1, -0.05) is 5.16 Å². The summed E-state index contributed by atoms with van der Waals surface area (Å²) in [6.07, 6.45) is 1.42.